The van der Waals surface area contributed by atoms with Gasteiger partial charge in [-0.2, -0.15) is 0 Å². The predicted octanol–water partition coefficient (Wildman–Crippen LogP) is 0.597. The number of fused-ring (bicyclic) bond motifs is 1. The van der Waals surface area contributed by atoms with Crippen LogP contribution in [0.15, 0.2) is 12.3 Å². The molecule has 0 bridgehead atoms. The number of aromatic nitrogens is 3. The number of hydrogen-bond donors (Lipinski definition) is 1. The minimum absolute atomic E-state index is 0.0648. The smallest absolute Gasteiger partial charge is 0.252 e. The maximum absolute atomic E-state index is 12.0. The molecule has 19 heavy (non-hydrogen) atoms. The lowest BCUT2D eigenvalue weighted by Gasteiger charge is -2.12. The number of pyridine rings is 1. The Balaban J connectivity index is 2.18. The fourth-order valence-electron chi connectivity index (χ4n) is 2.22. The third-order valence-electron chi connectivity index (χ3n) is 3.19. The molecule has 0 aliphatic carbocycles. The van der Waals surface area contributed by atoms with Crippen LogP contribution in [0.1, 0.15) is 12.5 Å². The largest absolute Gasteiger partial charge is 0.369 e. The first kappa shape index (κ1) is 11.9. The van der Waals surface area contributed by atoms with Crippen molar-refractivity contribution >= 4 is 40.5 Å². The van der Waals surface area contributed by atoms with Gasteiger partial charge in [-0.1, -0.05) is 11.6 Å². The average Bonchev–Trinajstić information content (AvgIpc) is 2.80. The van der Waals surface area contributed by atoms with Crippen molar-refractivity contribution in [3.05, 3.63) is 17.3 Å². The van der Waals surface area contributed by atoms with E-state index in [0.717, 1.165) is 4.90 Å². The van der Waals surface area contributed by atoms with Crippen molar-refractivity contribution in [1.29, 1.82) is 0 Å². The summed E-state index contributed by atoms with van der Waals surface area (Å²) in [5, 5.41) is 0.433. The van der Waals surface area contributed by atoms with Crippen molar-refractivity contribution in [1.82, 2.24) is 19.4 Å². The van der Waals surface area contributed by atoms with Crippen LogP contribution in [0, 0.1) is 0 Å². The zero-order chi connectivity index (χ0) is 13.7. The molecule has 3 heterocycles. The molecule has 7 nitrogen and oxygen atoms in total. The fraction of sp³-hybridized carbons (Fsp3) is 0.273. The first-order valence-corrected chi connectivity index (χ1v) is 5.96. The van der Waals surface area contributed by atoms with Crippen LogP contribution in [-0.4, -0.2) is 38.3 Å². The van der Waals surface area contributed by atoms with E-state index in [1.54, 1.807) is 6.07 Å². The van der Waals surface area contributed by atoms with Crippen LogP contribution < -0.4 is 5.73 Å². The van der Waals surface area contributed by atoms with Gasteiger partial charge in [-0.3, -0.25) is 19.1 Å². The van der Waals surface area contributed by atoms with Gasteiger partial charge in [0.2, 0.25) is 11.9 Å². The van der Waals surface area contributed by atoms with Crippen LogP contribution in [0.4, 0.5) is 5.95 Å². The van der Waals surface area contributed by atoms with Crippen molar-refractivity contribution in [3.63, 3.8) is 0 Å². The summed E-state index contributed by atoms with van der Waals surface area (Å²) < 4.78 is 1.48. The van der Waals surface area contributed by atoms with Gasteiger partial charge in [-0.05, 0) is 6.07 Å². The lowest BCUT2D eigenvalue weighted by molar-refractivity contribution is -0.137. The number of anilines is 1. The highest BCUT2D eigenvalue weighted by Gasteiger charge is 2.39. The second kappa shape index (κ2) is 3.92. The zero-order valence-electron chi connectivity index (χ0n) is 10.00. The minimum Gasteiger partial charge on any atom is -0.369 e. The maximum atomic E-state index is 12.0. The van der Waals surface area contributed by atoms with Gasteiger partial charge in [0.1, 0.15) is 11.6 Å². The van der Waals surface area contributed by atoms with Gasteiger partial charge in [0.15, 0.2) is 5.65 Å². The molecule has 98 valence electrons. The lowest BCUT2D eigenvalue weighted by atomic mass is 10.2. The van der Waals surface area contributed by atoms with Gasteiger partial charge in [0.05, 0.1) is 11.4 Å². The van der Waals surface area contributed by atoms with Gasteiger partial charge < -0.3 is 5.73 Å². The van der Waals surface area contributed by atoms with E-state index in [-0.39, 0.29) is 24.2 Å². The standard InChI is InChI=1S/C11H10ClN5O2/c1-16-8(18)3-7(10(16)19)17-9-6(15-11(17)13)2-5(12)4-14-9/h2,4,7H,3H2,1H3,(H2,13,15). The summed E-state index contributed by atoms with van der Waals surface area (Å²) in [7, 11) is 1.45. The minimum atomic E-state index is -0.684. The molecule has 0 aromatic carbocycles. The number of nitrogen functional groups attached to an aromatic ring is 1. The Morgan fingerprint density at radius 1 is 1.47 bits per heavy atom. The number of hydrogen-bond acceptors (Lipinski definition) is 5. The molecule has 2 aromatic heterocycles. The quantitative estimate of drug-likeness (QED) is 0.771. The molecule has 1 saturated heterocycles. The molecule has 1 fully saturated rings. The SMILES string of the molecule is CN1C(=O)CC(n2c(N)nc3cc(Cl)cnc32)C1=O. The molecule has 0 saturated carbocycles. The highest BCUT2D eigenvalue weighted by atomic mass is 35.5. The van der Waals surface area contributed by atoms with E-state index >= 15 is 0 Å². The van der Waals surface area contributed by atoms with Gasteiger partial charge in [0.25, 0.3) is 5.91 Å². The molecule has 0 spiro atoms. The molecule has 2 N–H and O–H groups in total. The van der Waals surface area contributed by atoms with E-state index in [4.69, 9.17) is 17.3 Å². The van der Waals surface area contributed by atoms with E-state index < -0.39 is 6.04 Å². The summed E-state index contributed by atoms with van der Waals surface area (Å²) in [4.78, 5) is 32.9. The first-order valence-electron chi connectivity index (χ1n) is 5.58. The topological polar surface area (TPSA) is 94.1 Å². The van der Waals surface area contributed by atoms with Crippen LogP contribution in [0.5, 0.6) is 0 Å². The van der Waals surface area contributed by atoms with Crippen LogP contribution in [0.3, 0.4) is 0 Å². The average molecular weight is 280 g/mol. The summed E-state index contributed by atoms with van der Waals surface area (Å²) in [6.07, 6.45) is 1.52. The lowest BCUT2D eigenvalue weighted by Crippen LogP contribution is -2.27. The van der Waals surface area contributed by atoms with Crippen LogP contribution in [0.25, 0.3) is 11.2 Å². The molecular formula is C11H10ClN5O2. The zero-order valence-corrected chi connectivity index (χ0v) is 10.8. The summed E-state index contributed by atoms with van der Waals surface area (Å²) in [5.41, 5.74) is 6.77. The Bertz CT molecular complexity index is 710. The molecule has 1 unspecified atom stereocenters. The Morgan fingerprint density at radius 2 is 2.21 bits per heavy atom. The number of carbonyl (C=O) groups excluding carboxylic acids is 2. The number of imide groups is 1. The Labute approximate surface area is 113 Å². The molecule has 1 aliphatic rings. The van der Waals surface area contributed by atoms with Crippen molar-refractivity contribution in [2.45, 2.75) is 12.5 Å². The summed E-state index contributed by atoms with van der Waals surface area (Å²) in [6, 6.07) is 0.929. The number of carbonyl (C=O) groups is 2. The number of likely N-dealkylation sites (tertiary alicyclic amines) is 1. The van der Waals surface area contributed by atoms with Gasteiger partial charge >= 0.3 is 0 Å². The van der Waals surface area contributed by atoms with Crippen LogP contribution >= 0.6 is 11.6 Å². The number of halogens is 1. The number of rotatable bonds is 1. The molecule has 8 heteroatoms. The summed E-state index contributed by atoms with van der Waals surface area (Å²) >= 11 is 5.83. The third kappa shape index (κ3) is 1.66. The maximum Gasteiger partial charge on any atom is 0.252 e. The molecule has 1 aliphatic heterocycles. The molecule has 1 atom stereocenters. The predicted molar refractivity (Wildman–Crippen MR) is 68.4 cm³/mol. The molecular weight excluding hydrogens is 270 g/mol. The van der Waals surface area contributed by atoms with Gasteiger partial charge in [-0.15, -0.1) is 0 Å². The van der Waals surface area contributed by atoms with E-state index in [1.807, 2.05) is 0 Å². The number of nitrogens with two attached hydrogens (primary N) is 1. The Kier molecular flexibility index (Phi) is 2.46. The second-order valence-electron chi connectivity index (χ2n) is 4.35. The number of likely N-dealkylation sites (N-methyl/N-ethyl adjacent to an activating group) is 1. The highest BCUT2D eigenvalue weighted by Crippen LogP contribution is 2.30. The van der Waals surface area contributed by atoms with Crippen LogP contribution in [0.2, 0.25) is 5.02 Å². The molecule has 2 amide bonds. The highest BCUT2D eigenvalue weighted by molar-refractivity contribution is 6.31. The first-order chi connectivity index (χ1) is 8.99. The van der Waals surface area contributed by atoms with E-state index in [2.05, 4.69) is 9.97 Å². The fourth-order valence-corrected chi connectivity index (χ4v) is 2.37. The number of imidazole rings is 1. The summed E-state index contributed by atoms with van der Waals surface area (Å²) in [5.74, 6) is -0.413. The molecule has 0 radical (unpaired) electrons. The third-order valence-corrected chi connectivity index (χ3v) is 3.40. The van der Waals surface area contributed by atoms with E-state index in [0.29, 0.717) is 16.2 Å². The Hall–Kier alpha value is -2.15. The van der Waals surface area contributed by atoms with Crippen molar-refractivity contribution in [2.75, 3.05) is 12.8 Å². The van der Waals surface area contributed by atoms with E-state index in [1.165, 1.54) is 17.8 Å². The molecule has 2 aromatic rings. The van der Waals surface area contributed by atoms with Crippen molar-refractivity contribution in [3.8, 4) is 0 Å². The normalized spacial score (nSPS) is 19.7. The number of amides is 2. The van der Waals surface area contributed by atoms with Crippen molar-refractivity contribution < 1.29 is 9.59 Å². The van der Waals surface area contributed by atoms with Crippen molar-refractivity contribution in [2.24, 2.45) is 0 Å². The van der Waals surface area contributed by atoms with Gasteiger partial charge in [-0.25, -0.2) is 9.97 Å². The number of nitrogens with zero attached hydrogens (tertiary/aromatic N) is 4. The Morgan fingerprint density at radius 3 is 2.84 bits per heavy atom. The summed E-state index contributed by atoms with van der Waals surface area (Å²) in [6.45, 7) is 0. The van der Waals surface area contributed by atoms with Crippen LogP contribution in [-0.2, 0) is 9.59 Å². The van der Waals surface area contributed by atoms with E-state index in [9.17, 15) is 9.59 Å². The monoisotopic (exact) mass is 279 g/mol. The van der Waals surface area contributed by atoms with Gasteiger partial charge in [0, 0.05) is 13.2 Å². The second-order valence-corrected chi connectivity index (χ2v) is 4.78. The molecule has 3 rings (SSSR count).